The predicted octanol–water partition coefficient (Wildman–Crippen LogP) is 0.188. The average Bonchev–Trinajstić information content (AvgIpc) is 2.33. The van der Waals surface area contributed by atoms with E-state index in [4.69, 9.17) is 0 Å². The summed E-state index contributed by atoms with van der Waals surface area (Å²) < 4.78 is 0. The molecule has 2 heterocycles. The molecule has 0 bridgehead atoms. The van der Waals surface area contributed by atoms with Gasteiger partial charge in [-0.3, -0.25) is 4.79 Å². The summed E-state index contributed by atoms with van der Waals surface area (Å²) >= 11 is 0. The summed E-state index contributed by atoms with van der Waals surface area (Å²) in [7, 11) is 0. The van der Waals surface area contributed by atoms with E-state index >= 15 is 0 Å². The summed E-state index contributed by atoms with van der Waals surface area (Å²) in [5.41, 5.74) is 0.847. The quantitative estimate of drug-likeness (QED) is 0.467. The molecule has 10 heavy (non-hydrogen) atoms. The van der Waals surface area contributed by atoms with Gasteiger partial charge >= 0.3 is 0 Å². The first-order valence-electron chi connectivity index (χ1n) is 3.07. The third kappa shape index (κ3) is 0.689. The Morgan fingerprint density at radius 1 is 1.40 bits per heavy atom. The van der Waals surface area contributed by atoms with Crippen LogP contribution in [-0.2, 0) is 4.79 Å². The maximum absolute atomic E-state index is 10.7. The molecule has 0 spiro atoms. The zero-order valence-electron chi connectivity index (χ0n) is 5.24. The fourth-order valence-corrected chi connectivity index (χ4v) is 0.955. The first kappa shape index (κ1) is 5.46. The maximum Gasteiger partial charge on any atom is 0.248 e. The monoisotopic (exact) mass is 135 g/mol. The van der Waals surface area contributed by atoms with Crippen molar-refractivity contribution in [1.29, 1.82) is 0 Å². The number of nitrogens with zero attached hydrogens (tertiary/aromatic N) is 3. The highest BCUT2D eigenvalue weighted by Crippen LogP contribution is 2.09. The molecule has 50 valence electrons. The smallest absolute Gasteiger partial charge is 0.248 e. The zero-order valence-corrected chi connectivity index (χ0v) is 5.24. The molecule has 0 aliphatic carbocycles. The molecule has 0 N–H and O–H groups in total. The molecule has 0 radical (unpaired) electrons. The highest BCUT2D eigenvalue weighted by atomic mass is 16.1. The molecule has 4 heteroatoms. The van der Waals surface area contributed by atoms with E-state index in [-0.39, 0.29) is 5.91 Å². The Bertz CT molecular complexity index is 275. The van der Waals surface area contributed by atoms with Gasteiger partial charge in [0.25, 0.3) is 0 Å². The summed E-state index contributed by atoms with van der Waals surface area (Å²) in [5.74, 6) is 0.421. The van der Waals surface area contributed by atoms with Crippen LogP contribution in [0.2, 0.25) is 0 Å². The van der Waals surface area contributed by atoms with Crippen molar-refractivity contribution in [3.05, 3.63) is 0 Å². The lowest BCUT2D eigenvalue weighted by molar-refractivity contribution is -0.117. The number of aliphatic imine (C=N–C) groups is 3. The summed E-state index contributed by atoms with van der Waals surface area (Å²) in [5, 5.41) is 0. The number of amidine groups is 1. The SMILES string of the molecule is O=C1CCC2=NC=NC2=N1. The van der Waals surface area contributed by atoms with Gasteiger partial charge in [-0.1, -0.05) is 0 Å². The molecule has 0 aromatic rings. The lowest BCUT2D eigenvalue weighted by atomic mass is 10.1. The van der Waals surface area contributed by atoms with Gasteiger partial charge in [0, 0.05) is 12.8 Å². The highest BCUT2D eigenvalue weighted by Gasteiger charge is 2.19. The number of hydrogen-bond acceptors (Lipinski definition) is 3. The van der Waals surface area contributed by atoms with Crippen LogP contribution in [0.5, 0.6) is 0 Å². The van der Waals surface area contributed by atoms with Crippen molar-refractivity contribution in [3.63, 3.8) is 0 Å². The van der Waals surface area contributed by atoms with E-state index in [0.717, 1.165) is 5.71 Å². The third-order valence-corrected chi connectivity index (χ3v) is 1.46. The Morgan fingerprint density at radius 2 is 2.30 bits per heavy atom. The van der Waals surface area contributed by atoms with Crippen molar-refractivity contribution in [2.24, 2.45) is 15.0 Å². The number of fused-ring (bicyclic) bond motifs is 1. The fraction of sp³-hybridized carbons (Fsp3) is 0.333. The first-order valence-corrected chi connectivity index (χ1v) is 3.07. The zero-order chi connectivity index (χ0) is 6.97. The van der Waals surface area contributed by atoms with Crippen molar-refractivity contribution < 1.29 is 4.79 Å². The number of hydrogen-bond donors (Lipinski definition) is 0. The summed E-state index contributed by atoms with van der Waals surface area (Å²) in [6.07, 6.45) is 2.61. The Kier molecular flexibility index (Phi) is 1.00. The van der Waals surface area contributed by atoms with Gasteiger partial charge in [-0.25, -0.2) is 9.98 Å². The normalized spacial score (nSPS) is 22.2. The molecular formula is C6H5N3O. The van der Waals surface area contributed by atoms with Crippen LogP contribution in [0.3, 0.4) is 0 Å². The average molecular weight is 135 g/mol. The summed E-state index contributed by atoms with van der Waals surface area (Å²) in [4.78, 5) is 22.1. The molecule has 0 atom stereocenters. The standard InChI is InChI=1S/C6H5N3O/c10-5-2-1-4-6(9-5)8-3-7-4/h3H,1-2H2. The minimum absolute atomic E-state index is 0.0898. The van der Waals surface area contributed by atoms with Gasteiger partial charge in [-0.2, -0.15) is 4.99 Å². The Hall–Kier alpha value is -1.32. The Morgan fingerprint density at radius 3 is 3.20 bits per heavy atom. The minimum Gasteiger partial charge on any atom is -0.273 e. The van der Waals surface area contributed by atoms with Crippen molar-refractivity contribution in [3.8, 4) is 0 Å². The molecule has 0 aromatic carbocycles. The first-order chi connectivity index (χ1) is 4.86. The second-order valence-electron chi connectivity index (χ2n) is 2.15. The van der Waals surface area contributed by atoms with Gasteiger partial charge in [0.1, 0.15) is 6.34 Å². The van der Waals surface area contributed by atoms with Crippen LogP contribution in [0.4, 0.5) is 0 Å². The summed E-state index contributed by atoms with van der Waals surface area (Å²) in [6.45, 7) is 0. The molecule has 0 fully saturated rings. The molecule has 0 unspecified atom stereocenters. The lowest BCUT2D eigenvalue weighted by Crippen LogP contribution is -2.17. The summed E-state index contributed by atoms with van der Waals surface area (Å²) in [6, 6.07) is 0. The molecule has 0 saturated heterocycles. The molecule has 0 saturated carbocycles. The van der Waals surface area contributed by atoms with E-state index in [9.17, 15) is 4.79 Å². The minimum atomic E-state index is -0.0898. The van der Waals surface area contributed by atoms with E-state index in [0.29, 0.717) is 18.7 Å². The Labute approximate surface area is 57.4 Å². The van der Waals surface area contributed by atoms with E-state index in [1.807, 2.05) is 0 Å². The van der Waals surface area contributed by atoms with Crippen LogP contribution in [0, 0.1) is 0 Å². The second-order valence-corrected chi connectivity index (χ2v) is 2.15. The largest absolute Gasteiger partial charge is 0.273 e. The van der Waals surface area contributed by atoms with Crippen LogP contribution in [0.25, 0.3) is 0 Å². The number of carbonyl (C=O) groups excluding carboxylic acids is 1. The Balaban J connectivity index is 2.43. The molecule has 2 rings (SSSR count). The number of amides is 1. The van der Waals surface area contributed by atoms with Crippen LogP contribution < -0.4 is 0 Å². The number of carbonyl (C=O) groups is 1. The van der Waals surface area contributed by atoms with Crippen LogP contribution in [-0.4, -0.2) is 23.8 Å². The van der Waals surface area contributed by atoms with Crippen molar-refractivity contribution in [2.75, 3.05) is 0 Å². The van der Waals surface area contributed by atoms with Crippen LogP contribution in [0.1, 0.15) is 12.8 Å². The molecule has 2 aliphatic heterocycles. The van der Waals surface area contributed by atoms with E-state index in [1.54, 1.807) is 0 Å². The fourth-order valence-electron chi connectivity index (χ4n) is 0.955. The van der Waals surface area contributed by atoms with Gasteiger partial charge < -0.3 is 0 Å². The van der Waals surface area contributed by atoms with E-state index < -0.39 is 0 Å². The topological polar surface area (TPSA) is 54.1 Å². The predicted molar refractivity (Wildman–Crippen MR) is 37.6 cm³/mol. The number of rotatable bonds is 0. The van der Waals surface area contributed by atoms with Gasteiger partial charge in [-0.05, 0) is 0 Å². The lowest BCUT2D eigenvalue weighted by Gasteiger charge is -2.03. The van der Waals surface area contributed by atoms with Gasteiger partial charge in [0.05, 0.1) is 5.71 Å². The maximum atomic E-state index is 10.7. The van der Waals surface area contributed by atoms with Gasteiger partial charge in [0.15, 0.2) is 5.84 Å². The second kappa shape index (κ2) is 1.83. The molecule has 4 nitrogen and oxygen atoms in total. The van der Waals surface area contributed by atoms with Gasteiger partial charge in [-0.15, -0.1) is 0 Å². The van der Waals surface area contributed by atoms with Gasteiger partial charge in [0.2, 0.25) is 5.91 Å². The molecular weight excluding hydrogens is 130 g/mol. The van der Waals surface area contributed by atoms with Crippen molar-refractivity contribution in [2.45, 2.75) is 12.8 Å². The molecule has 1 amide bonds. The van der Waals surface area contributed by atoms with Crippen molar-refractivity contribution >= 4 is 23.8 Å². The van der Waals surface area contributed by atoms with Crippen LogP contribution >= 0.6 is 0 Å². The highest BCUT2D eigenvalue weighted by molar-refractivity contribution is 6.48. The van der Waals surface area contributed by atoms with Crippen LogP contribution in [0.15, 0.2) is 15.0 Å². The molecule has 2 aliphatic rings. The van der Waals surface area contributed by atoms with Crippen molar-refractivity contribution in [1.82, 2.24) is 0 Å². The van der Waals surface area contributed by atoms with E-state index in [1.165, 1.54) is 6.34 Å². The van der Waals surface area contributed by atoms with E-state index in [2.05, 4.69) is 15.0 Å². The third-order valence-electron chi connectivity index (χ3n) is 1.46. The molecule has 0 aromatic heterocycles.